The van der Waals surface area contributed by atoms with Gasteiger partial charge in [-0.1, -0.05) is 17.7 Å². The van der Waals surface area contributed by atoms with Crippen molar-refractivity contribution >= 4 is 17.5 Å². The van der Waals surface area contributed by atoms with Crippen molar-refractivity contribution in [1.29, 1.82) is 0 Å². The lowest BCUT2D eigenvalue weighted by molar-refractivity contribution is -0.153. The smallest absolute Gasteiger partial charge is 0.377 e. The van der Waals surface area contributed by atoms with Gasteiger partial charge in [0.25, 0.3) is 5.78 Å². The van der Waals surface area contributed by atoms with Gasteiger partial charge in [-0.25, -0.2) is 4.79 Å². The fourth-order valence-electron chi connectivity index (χ4n) is 2.23. The first-order chi connectivity index (χ1) is 9.83. The summed E-state index contributed by atoms with van der Waals surface area (Å²) in [6, 6.07) is 1.62. The van der Waals surface area contributed by atoms with Gasteiger partial charge in [0.05, 0.1) is 6.61 Å². The van der Waals surface area contributed by atoms with Crippen LogP contribution < -0.4 is 0 Å². The molecule has 0 N–H and O–H groups in total. The molecule has 0 aliphatic carbocycles. The number of rotatable bonds is 6. The van der Waals surface area contributed by atoms with E-state index in [-0.39, 0.29) is 12.2 Å². The summed E-state index contributed by atoms with van der Waals surface area (Å²) < 4.78 is 4.51. The van der Waals surface area contributed by atoms with E-state index in [1.54, 1.807) is 26.0 Å². The van der Waals surface area contributed by atoms with Crippen LogP contribution in [0.3, 0.4) is 0 Å². The van der Waals surface area contributed by atoms with Crippen molar-refractivity contribution in [1.82, 2.24) is 0 Å². The van der Waals surface area contributed by atoms with Crippen LogP contribution in [-0.2, 0) is 14.3 Å². The molecular formula is C15H17NO5. The van der Waals surface area contributed by atoms with Crippen molar-refractivity contribution in [2.24, 2.45) is 5.18 Å². The van der Waals surface area contributed by atoms with Gasteiger partial charge in [0.2, 0.25) is 6.04 Å². The van der Waals surface area contributed by atoms with Crippen LogP contribution in [0.1, 0.15) is 34.0 Å². The fourth-order valence-corrected chi connectivity index (χ4v) is 2.23. The molecule has 0 aliphatic rings. The molecular weight excluding hydrogens is 274 g/mol. The molecule has 0 heterocycles. The zero-order chi connectivity index (χ0) is 16.2. The molecule has 0 bridgehead atoms. The fraction of sp³-hybridized carbons (Fsp3) is 0.400. The van der Waals surface area contributed by atoms with E-state index in [0.29, 0.717) is 11.1 Å². The van der Waals surface area contributed by atoms with E-state index in [1.807, 2.05) is 6.92 Å². The molecule has 1 rings (SSSR count). The van der Waals surface area contributed by atoms with E-state index in [2.05, 4.69) is 9.91 Å². The maximum Gasteiger partial charge on any atom is 0.377 e. The summed E-state index contributed by atoms with van der Waals surface area (Å²) in [6.45, 7) is 6.76. The normalized spacial score (nSPS) is 11.6. The van der Waals surface area contributed by atoms with Crippen molar-refractivity contribution in [3.05, 3.63) is 39.3 Å². The molecule has 112 valence electrons. The predicted molar refractivity (Wildman–Crippen MR) is 76.2 cm³/mol. The molecule has 0 amide bonds. The number of benzene rings is 1. The SMILES string of the molecule is CCOC(=O)C(=O)C(N=O)C(=O)c1c(C)cc(C)cc1C. The summed E-state index contributed by atoms with van der Waals surface area (Å²) in [6.07, 6.45) is 0. The maximum atomic E-state index is 12.4. The van der Waals surface area contributed by atoms with Crippen LogP contribution in [0.4, 0.5) is 0 Å². The van der Waals surface area contributed by atoms with Crippen molar-refractivity contribution in [2.75, 3.05) is 6.61 Å². The van der Waals surface area contributed by atoms with Gasteiger partial charge in [0, 0.05) is 5.56 Å². The lowest BCUT2D eigenvalue weighted by Gasteiger charge is -2.12. The molecule has 1 aromatic rings. The van der Waals surface area contributed by atoms with Crippen LogP contribution in [0, 0.1) is 25.7 Å². The van der Waals surface area contributed by atoms with E-state index >= 15 is 0 Å². The molecule has 0 aliphatic heterocycles. The Kier molecular flexibility index (Phi) is 5.46. The van der Waals surface area contributed by atoms with Crippen LogP contribution in [0.25, 0.3) is 0 Å². The summed E-state index contributed by atoms with van der Waals surface area (Å²) in [5.74, 6) is -3.24. The number of nitroso groups, excluding NO2 is 1. The first-order valence-electron chi connectivity index (χ1n) is 6.49. The molecule has 0 saturated heterocycles. The maximum absolute atomic E-state index is 12.4. The van der Waals surface area contributed by atoms with Gasteiger partial charge in [0.1, 0.15) is 0 Å². The largest absolute Gasteiger partial charge is 0.460 e. The number of carbonyl (C=O) groups is 3. The van der Waals surface area contributed by atoms with Crippen LogP contribution in [-0.4, -0.2) is 30.2 Å². The average molecular weight is 291 g/mol. The van der Waals surface area contributed by atoms with E-state index in [1.165, 1.54) is 6.92 Å². The number of hydrogen-bond donors (Lipinski definition) is 0. The van der Waals surface area contributed by atoms with E-state index in [4.69, 9.17) is 0 Å². The van der Waals surface area contributed by atoms with Crippen LogP contribution >= 0.6 is 0 Å². The molecule has 0 saturated carbocycles. The quantitative estimate of drug-likeness (QED) is 0.263. The molecule has 0 fully saturated rings. The minimum Gasteiger partial charge on any atom is -0.460 e. The van der Waals surface area contributed by atoms with Crippen LogP contribution in [0.5, 0.6) is 0 Å². The number of ketones is 2. The number of ether oxygens (including phenoxy) is 1. The van der Waals surface area contributed by atoms with Crippen molar-refractivity contribution < 1.29 is 19.1 Å². The van der Waals surface area contributed by atoms with E-state index < -0.39 is 23.6 Å². The Morgan fingerprint density at radius 2 is 1.67 bits per heavy atom. The second-order valence-electron chi connectivity index (χ2n) is 4.73. The lowest BCUT2D eigenvalue weighted by Crippen LogP contribution is -2.35. The lowest BCUT2D eigenvalue weighted by atomic mass is 9.92. The van der Waals surface area contributed by atoms with Crippen molar-refractivity contribution in [3.8, 4) is 0 Å². The molecule has 1 atom stereocenters. The molecule has 0 aromatic heterocycles. The number of hydrogen-bond acceptors (Lipinski definition) is 6. The molecule has 0 radical (unpaired) electrons. The molecule has 1 aromatic carbocycles. The van der Waals surface area contributed by atoms with Crippen LogP contribution in [0.2, 0.25) is 0 Å². The summed E-state index contributed by atoms with van der Waals surface area (Å²) in [5.41, 5.74) is 2.45. The summed E-state index contributed by atoms with van der Waals surface area (Å²) in [5, 5.41) is 2.52. The Morgan fingerprint density at radius 1 is 1.14 bits per heavy atom. The summed E-state index contributed by atoms with van der Waals surface area (Å²) in [7, 11) is 0. The third kappa shape index (κ3) is 3.59. The molecule has 0 spiro atoms. The van der Waals surface area contributed by atoms with Gasteiger partial charge in [-0.05, 0) is 44.0 Å². The van der Waals surface area contributed by atoms with Crippen LogP contribution in [0.15, 0.2) is 17.3 Å². The molecule has 6 heteroatoms. The van der Waals surface area contributed by atoms with Gasteiger partial charge in [-0.15, -0.1) is 4.91 Å². The standard InChI is InChI=1S/C15H17NO5/c1-5-21-15(19)14(18)12(16-20)13(17)11-9(3)6-8(2)7-10(11)4/h6-7,12H,5H2,1-4H3. The first-order valence-corrected chi connectivity index (χ1v) is 6.49. The second-order valence-corrected chi connectivity index (χ2v) is 4.73. The number of esters is 1. The van der Waals surface area contributed by atoms with E-state index in [9.17, 15) is 19.3 Å². The Balaban J connectivity index is 3.19. The van der Waals surface area contributed by atoms with Gasteiger partial charge in [-0.3, -0.25) is 9.59 Å². The minimum absolute atomic E-state index is 0.0209. The topological polar surface area (TPSA) is 89.9 Å². The highest BCUT2D eigenvalue weighted by Gasteiger charge is 2.35. The molecule has 1 unspecified atom stereocenters. The number of nitrogens with zero attached hydrogens (tertiary/aromatic N) is 1. The van der Waals surface area contributed by atoms with Gasteiger partial charge < -0.3 is 4.74 Å². The first kappa shape index (κ1) is 16.7. The summed E-state index contributed by atoms with van der Waals surface area (Å²) >= 11 is 0. The summed E-state index contributed by atoms with van der Waals surface area (Å²) in [4.78, 5) is 46.4. The molecule has 21 heavy (non-hydrogen) atoms. The van der Waals surface area contributed by atoms with E-state index in [0.717, 1.165) is 5.56 Å². The second kappa shape index (κ2) is 6.88. The number of Topliss-reactive ketones (excluding diaryl/α,β-unsaturated/α-hetero) is 2. The number of aryl methyl sites for hydroxylation is 3. The highest BCUT2D eigenvalue weighted by atomic mass is 16.5. The monoisotopic (exact) mass is 291 g/mol. The minimum atomic E-state index is -1.90. The highest BCUT2D eigenvalue weighted by molar-refractivity contribution is 6.41. The van der Waals surface area contributed by atoms with Crippen molar-refractivity contribution in [2.45, 2.75) is 33.7 Å². The zero-order valence-electron chi connectivity index (χ0n) is 12.4. The van der Waals surface area contributed by atoms with Gasteiger partial charge in [0.15, 0.2) is 5.78 Å². The van der Waals surface area contributed by atoms with Crippen molar-refractivity contribution in [3.63, 3.8) is 0 Å². The van der Waals surface area contributed by atoms with Gasteiger partial charge in [-0.2, -0.15) is 0 Å². The highest BCUT2D eigenvalue weighted by Crippen LogP contribution is 2.19. The third-order valence-electron chi connectivity index (χ3n) is 3.00. The predicted octanol–water partition coefficient (Wildman–Crippen LogP) is 2.06. The Bertz CT molecular complexity index is 583. The zero-order valence-corrected chi connectivity index (χ0v) is 12.4. The average Bonchev–Trinajstić information content (AvgIpc) is 2.38. The number of carbonyl (C=O) groups excluding carboxylic acids is 3. The Labute approximate surface area is 122 Å². The van der Waals surface area contributed by atoms with Gasteiger partial charge >= 0.3 is 5.97 Å². The third-order valence-corrected chi connectivity index (χ3v) is 3.00. The molecule has 6 nitrogen and oxygen atoms in total. The Hall–Kier alpha value is -2.37. The Morgan fingerprint density at radius 3 is 2.10 bits per heavy atom.